The lowest BCUT2D eigenvalue weighted by Gasteiger charge is -2.27. The standard InChI is InChI=1S/C28H32N2O5/c1-20-6-9-22(10-7-20)28(32)30(23-11-12-23)19-27(31)29(18-24-5-4-16-35-24)15-14-21-8-13-25(33-2)26(17-21)34-3/h4-10,13,16-17,23H,11-12,14-15,18-19H2,1-3H3. The van der Waals surface area contributed by atoms with Gasteiger partial charge < -0.3 is 23.7 Å². The first-order valence-corrected chi connectivity index (χ1v) is 11.9. The zero-order chi connectivity index (χ0) is 24.8. The lowest BCUT2D eigenvalue weighted by molar-refractivity contribution is -0.132. The first kappa shape index (κ1) is 24.4. The van der Waals surface area contributed by atoms with Crippen molar-refractivity contribution in [3.05, 3.63) is 83.3 Å². The van der Waals surface area contributed by atoms with E-state index in [1.165, 1.54) is 0 Å². The van der Waals surface area contributed by atoms with Crippen molar-refractivity contribution in [1.82, 2.24) is 9.80 Å². The summed E-state index contributed by atoms with van der Waals surface area (Å²) in [5.41, 5.74) is 2.73. The van der Waals surface area contributed by atoms with Gasteiger partial charge in [-0.2, -0.15) is 0 Å². The van der Waals surface area contributed by atoms with Crippen LogP contribution in [0, 0.1) is 6.92 Å². The van der Waals surface area contributed by atoms with Gasteiger partial charge in [0.15, 0.2) is 11.5 Å². The van der Waals surface area contributed by atoms with Crippen LogP contribution in [0.25, 0.3) is 0 Å². The summed E-state index contributed by atoms with van der Waals surface area (Å²) in [6, 6.07) is 17.0. The van der Waals surface area contributed by atoms with E-state index >= 15 is 0 Å². The molecule has 35 heavy (non-hydrogen) atoms. The van der Waals surface area contributed by atoms with Crippen LogP contribution in [-0.2, 0) is 17.8 Å². The van der Waals surface area contributed by atoms with Gasteiger partial charge in [0, 0.05) is 18.2 Å². The van der Waals surface area contributed by atoms with Crippen molar-refractivity contribution in [3.8, 4) is 11.5 Å². The van der Waals surface area contributed by atoms with Crippen LogP contribution in [0.2, 0.25) is 0 Å². The molecule has 1 saturated carbocycles. The molecule has 1 aliphatic rings. The molecule has 3 aromatic rings. The Kier molecular flexibility index (Phi) is 7.75. The lowest BCUT2D eigenvalue weighted by Crippen LogP contribution is -2.44. The number of methoxy groups -OCH3 is 2. The van der Waals surface area contributed by atoms with E-state index in [1.54, 1.807) is 30.3 Å². The van der Waals surface area contributed by atoms with E-state index in [-0.39, 0.29) is 24.4 Å². The SMILES string of the molecule is COc1ccc(CCN(Cc2ccco2)C(=O)CN(C(=O)c2ccc(C)cc2)C2CC2)cc1OC. The predicted octanol–water partition coefficient (Wildman–Crippen LogP) is 4.48. The number of hydrogen-bond acceptors (Lipinski definition) is 5. The third kappa shape index (κ3) is 6.23. The number of rotatable bonds is 11. The molecule has 0 unspecified atom stereocenters. The minimum atomic E-state index is -0.103. The van der Waals surface area contributed by atoms with E-state index in [2.05, 4.69) is 0 Å². The largest absolute Gasteiger partial charge is 0.493 e. The van der Waals surface area contributed by atoms with Crippen molar-refractivity contribution in [2.45, 2.75) is 38.8 Å². The molecule has 2 amide bonds. The van der Waals surface area contributed by atoms with Gasteiger partial charge in [-0.05, 0) is 68.1 Å². The van der Waals surface area contributed by atoms with Gasteiger partial charge in [0.1, 0.15) is 12.3 Å². The van der Waals surface area contributed by atoms with E-state index in [1.807, 2.05) is 61.5 Å². The van der Waals surface area contributed by atoms with Crippen molar-refractivity contribution in [2.75, 3.05) is 27.3 Å². The molecule has 0 saturated heterocycles. The van der Waals surface area contributed by atoms with Gasteiger partial charge in [0.05, 0.1) is 27.0 Å². The molecule has 0 radical (unpaired) electrons. The summed E-state index contributed by atoms with van der Waals surface area (Å²) >= 11 is 0. The zero-order valence-electron chi connectivity index (χ0n) is 20.5. The third-order valence-corrected chi connectivity index (χ3v) is 6.25. The van der Waals surface area contributed by atoms with Crippen molar-refractivity contribution in [1.29, 1.82) is 0 Å². The van der Waals surface area contributed by atoms with Gasteiger partial charge >= 0.3 is 0 Å². The summed E-state index contributed by atoms with van der Waals surface area (Å²) in [4.78, 5) is 30.2. The van der Waals surface area contributed by atoms with Crippen molar-refractivity contribution in [3.63, 3.8) is 0 Å². The number of amides is 2. The van der Waals surface area contributed by atoms with Crippen LogP contribution in [-0.4, -0.2) is 55.0 Å². The van der Waals surface area contributed by atoms with Crippen molar-refractivity contribution >= 4 is 11.8 Å². The highest BCUT2D eigenvalue weighted by Gasteiger charge is 2.35. The second kappa shape index (κ2) is 11.1. The number of carbonyl (C=O) groups excluding carboxylic acids is 2. The molecule has 2 aromatic carbocycles. The van der Waals surface area contributed by atoms with Gasteiger partial charge in [-0.15, -0.1) is 0 Å². The van der Waals surface area contributed by atoms with Gasteiger partial charge in [0.2, 0.25) is 5.91 Å². The molecule has 0 N–H and O–H groups in total. The minimum Gasteiger partial charge on any atom is -0.493 e. The smallest absolute Gasteiger partial charge is 0.254 e. The molecule has 4 rings (SSSR count). The first-order valence-electron chi connectivity index (χ1n) is 11.9. The zero-order valence-corrected chi connectivity index (χ0v) is 20.5. The molecule has 1 fully saturated rings. The molecule has 1 aliphatic carbocycles. The average Bonchev–Trinajstić information content (AvgIpc) is 3.59. The van der Waals surface area contributed by atoms with Crippen LogP contribution in [0.3, 0.4) is 0 Å². The quantitative estimate of drug-likeness (QED) is 0.408. The Morgan fingerprint density at radius 1 is 1.00 bits per heavy atom. The second-order valence-electron chi connectivity index (χ2n) is 8.86. The van der Waals surface area contributed by atoms with Gasteiger partial charge in [-0.25, -0.2) is 0 Å². The molecule has 0 aliphatic heterocycles. The first-order chi connectivity index (χ1) is 17.0. The van der Waals surface area contributed by atoms with E-state index in [0.717, 1.165) is 24.0 Å². The Morgan fingerprint density at radius 2 is 1.74 bits per heavy atom. The maximum absolute atomic E-state index is 13.5. The van der Waals surface area contributed by atoms with Crippen LogP contribution >= 0.6 is 0 Å². The fourth-order valence-electron chi connectivity index (χ4n) is 4.04. The van der Waals surface area contributed by atoms with E-state index in [4.69, 9.17) is 13.9 Å². The van der Waals surface area contributed by atoms with Crippen LogP contribution in [0.1, 0.15) is 40.1 Å². The third-order valence-electron chi connectivity index (χ3n) is 6.25. The maximum atomic E-state index is 13.5. The highest BCUT2D eigenvalue weighted by atomic mass is 16.5. The molecular formula is C28H32N2O5. The summed E-state index contributed by atoms with van der Waals surface area (Å²) in [5, 5.41) is 0. The van der Waals surface area contributed by atoms with Crippen LogP contribution in [0.4, 0.5) is 0 Å². The summed E-state index contributed by atoms with van der Waals surface area (Å²) < 4.78 is 16.3. The van der Waals surface area contributed by atoms with Gasteiger partial charge in [-0.3, -0.25) is 9.59 Å². The number of nitrogens with zero attached hydrogens (tertiary/aromatic N) is 2. The Balaban J connectivity index is 1.48. The van der Waals surface area contributed by atoms with Crippen LogP contribution in [0.15, 0.2) is 65.3 Å². The highest BCUT2D eigenvalue weighted by molar-refractivity contribution is 5.97. The fourth-order valence-corrected chi connectivity index (χ4v) is 4.04. The summed E-state index contributed by atoms with van der Waals surface area (Å²) in [6.45, 7) is 2.86. The van der Waals surface area contributed by atoms with Gasteiger partial charge in [-0.1, -0.05) is 23.8 Å². The van der Waals surface area contributed by atoms with E-state index in [9.17, 15) is 9.59 Å². The van der Waals surface area contributed by atoms with Crippen molar-refractivity contribution in [2.24, 2.45) is 0 Å². The molecule has 7 nitrogen and oxygen atoms in total. The summed E-state index contributed by atoms with van der Waals surface area (Å²) in [7, 11) is 3.21. The molecule has 0 bridgehead atoms. The van der Waals surface area contributed by atoms with E-state index < -0.39 is 0 Å². The molecule has 0 spiro atoms. The number of hydrogen-bond donors (Lipinski definition) is 0. The average molecular weight is 477 g/mol. The Bertz CT molecular complexity index is 1140. The number of furan rings is 1. The number of carbonyl (C=O) groups is 2. The molecule has 1 aromatic heterocycles. The molecule has 7 heteroatoms. The molecule has 0 atom stereocenters. The summed E-state index contributed by atoms with van der Waals surface area (Å²) in [6.07, 6.45) is 4.08. The lowest BCUT2D eigenvalue weighted by atomic mass is 10.1. The molecule has 1 heterocycles. The number of ether oxygens (including phenoxy) is 2. The predicted molar refractivity (Wildman–Crippen MR) is 133 cm³/mol. The van der Waals surface area contributed by atoms with Gasteiger partial charge in [0.25, 0.3) is 5.91 Å². The fraction of sp³-hybridized carbons (Fsp3) is 0.357. The number of benzene rings is 2. The van der Waals surface area contributed by atoms with Crippen LogP contribution < -0.4 is 9.47 Å². The molecular weight excluding hydrogens is 444 g/mol. The summed E-state index contributed by atoms with van der Waals surface area (Å²) in [5.74, 6) is 1.81. The topological polar surface area (TPSA) is 72.2 Å². The van der Waals surface area contributed by atoms with E-state index in [0.29, 0.717) is 42.3 Å². The monoisotopic (exact) mass is 476 g/mol. The normalized spacial score (nSPS) is 12.8. The minimum absolute atomic E-state index is 0.0457. The van der Waals surface area contributed by atoms with Crippen LogP contribution in [0.5, 0.6) is 11.5 Å². The highest BCUT2D eigenvalue weighted by Crippen LogP contribution is 2.29. The second-order valence-corrected chi connectivity index (χ2v) is 8.86. The Hall–Kier alpha value is -3.74. The number of aryl methyl sites for hydroxylation is 1. The maximum Gasteiger partial charge on any atom is 0.254 e. The Labute approximate surface area is 206 Å². The van der Waals surface area contributed by atoms with Crippen molar-refractivity contribution < 1.29 is 23.5 Å². The molecule has 184 valence electrons. The Morgan fingerprint density at radius 3 is 2.37 bits per heavy atom.